The van der Waals surface area contributed by atoms with Crippen LogP contribution in [0.3, 0.4) is 0 Å². The van der Waals surface area contributed by atoms with Crippen molar-refractivity contribution < 1.29 is 4.92 Å². The Balaban J connectivity index is 2.87. The zero-order valence-electron chi connectivity index (χ0n) is 6.98. The summed E-state index contributed by atoms with van der Waals surface area (Å²) < 4.78 is 0.685. The van der Waals surface area contributed by atoms with Crippen LogP contribution in [0.15, 0.2) is 34.9 Å². The Labute approximate surface area is 87.9 Å². The number of hydrogen-bond acceptors (Lipinski definition) is 3. The second-order valence-electron chi connectivity index (χ2n) is 2.76. The number of non-ortho nitro benzene ring substituents is 1. The third-order valence-electron chi connectivity index (χ3n) is 1.85. The molecular weight excluding hydrogens is 248 g/mol. The molecule has 0 radical (unpaired) electrons. The van der Waals surface area contributed by atoms with Crippen LogP contribution in [0.1, 0.15) is 0 Å². The highest BCUT2D eigenvalue weighted by atomic mass is 79.9. The third kappa shape index (κ3) is 1.46. The van der Waals surface area contributed by atoms with Gasteiger partial charge in [-0.2, -0.15) is 0 Å². The maximum absolute atomic E-state index is 10.7. The van der Waals surface area contributed by atoms with Crippen molar-refractivity contribution in [1.82, 2.24) is 4.98 Å². The second kappa shape index (κ2) is 3.34. The summed E-state index contributed by atoms with van der Waals surface area (Å²) in [4.78, 5) is 14.3. The molecule has 5 heteroatoms. The molecule has 70 valence electrons. The van der Waals surface area contributed by atoms with Gasteiger partial charge in [0, 0.05) is 22.1 Å². The van der Waals surface area contributed by atoms with Crippen molar-refractivity contribution in [2.45, 2.75) is 0 Å². The molecule has 2 rings (SSSR count). The quantitative estimate of drug-likeness (QED) is 0.579. The maximum atomic E-state index is 10.7. The van der Waals surface area contributed by atoms with Crippen LogP contribution in [-0.2, 0) is 0 Å². The van der Waals surface area contributed by atoms with Crippen LogP contribution in [0.5, 0.6) is 0 Å². The number of rotatable bonds is 1. The van der Waals surface area contributed by atoms with E-state index >= 15 is 0 Å². The Morgan fingerprint density at radius 3 is 2.93 bits per heavy atom. The molecule has 0 bridgehead atoms. The number of hydrogen-bond donors (Lipinski definition) is 0. The van der Waals surface area contributed by atoms with Crippen molar-refractivity contribution in [1.29, 1.82) is 0 Å². The highest BCUT2D eigenvalue weighted by Gasteiger charge is 2.13. The SMILES string of the molecule is O=[N+]([O-])c1cc(Br)cc2cccnc12. The minimum Gasteiger partial charge on any atom is -0.258 e. The lowest BCUT2D eigenvalue weighted by atomic mass is 10.2. The maximum Gasteiger partial charge on any atom is 0.296 e. The molecule has 0 aliphatic heterocycles. The van der Waals surface area contributed by atoms with E-state index in [1.165, 1.54) is 6.07 Å². The van der Waals surface area contributed by atoms with Gasteiger partial charge in [0.2, 0.25) is 0 Å². The molecule has 4 nitrogen and oxygen atoms in total. The lowest BCUT2D eigenvalue weighted by Crippen LogP contribution is -1.91. The third-order valence-corrected chi connectivity index (χ3v) is 2.30. The molecule has 1 aromatic heterocycles. The largest absolute Gasteiger partial charge is 0.296 e. The highest BCUT2D eigenvalue weighted by Crippen LogP contribution is 2.27. The van der Waals surface area contributed by atoms with E-state index in [0.717, 1.165) is 5.39 Å². The highest BCUT2D eigenvalue weighted by molar-refractivity contribution is 9.10. The number of nitro groups is 1. The molecular formula is C9H5BrN2O2. The Morgan fingerprint density at radius 2 is 2.21 bits per heavy atom. The van der Waals surface area contributed by atoms with Crippen LogP contribution in [0.4, 0.5) is 5.69 Å². The van der Waals surface area contributed by atoms with Crippen molar-refractivity contribution in [3.8, 4) is 0 Å². The average molecular weight is 253 g/mol. The number of fused-ring (bicyclic) bond motifs is 1. The zero-order chi connectivity index (χ0) is 10.1. The summed E-state index contributed by atoms with van der Waals surface area (Å²) >= 11 is 3.22. The van der Waals surface area contributed by atoms with Crippen LogP contribution in [0, 0.1) is 10.1 Å². The predicted molar refractivity (Wildman–Crippen MR) is 56.1 cm³/mol. The first kappa shape index (κ1) is 9.08. The van der Waals surface area contributed by atoms with Gasteiger partial charge in [0.05, 0.1) is 4.92 Å². The number of benzene rings is 1. The summed E-state index contributed by atoms with van der Waals surface area (Å²) in [6.07, 6.45) is 1.54. The lowest BCUT2D eigenvalue weighted by molar-refractivity contribution is -0.383. The second-order valence-corrected chi connectivity index (χ2v) is 3.67. The Bertz CT molecular complexity index is 513. The molecule has 0 saturated carbocycles. The fourth-order valence-electron chi connectivity index (χ4n) is 1.28. The molecule has 0 amide bonds. The van der Waals surface area contributed by atoms with Gasteiger partial charge in [-0.3, -0.25) is 10.1 Å². The van der Waals surface area contributed by atoms with Crippen molar-refractivity contribution in [3.63, 3.8) is 0 Å². The predicted octanol–water partition coefficient (Wildman–Crippen LogP) is 2.91. The van der Waals surface area contributed by atoms with Crippen molar-refractivity contribution in [2.24, 2.45) is 0 Å². The van der Waals surface area contributed by atoms with Crippen molar-refractivity contribution in [2.75, 3.05) is 0 Å². The van der Waals surface area contributed by atoms with Gasteiger partial charge in [-0.15, -0.1) is 0 Å². The number of halogens is 1. The number of aromatic nitrogens is 1. The molecule has 0 N–H and O–H groups in total. The molecule has 0 saturated heterocycles. The summed E-state index contributed by atoms with van der Waals surface area (Å²) in [6.45, 7) is 0. The van der Waals surface area contributed by atoms with Gasteiger partial charge in [-0.25, -0.2) is 4.98 Å². The van der Waals surface area contributed by atoms with E-state index in [1.807, 2.05) is 0 Å². The van der Waals surface area contributed by atoms with Crippen LogP contribution >= 0.6 is 15.9 Å². The van der Waals surface area contributed by atoms with E-state index in [4.69, 9.17) is 0 Å². The summed E-state index contributed by atoms with van der Waals surface area (Å²) in [5, 5.41) is 11.5. The first-order chi connectivity index (χ1) is 6.68. The molecule has 0 aliphatic carbocycles. The molecule has 0 unspecified atom stereocenters. The zero-order valence-corrected chi connectivity index (χ0v) is 8.56. The van der Waals surface area contributed by atoms with Crippen molar-refractivity contribution in [3.05, 3.63) is 45.0 Å². The smallest absolute Gasteiger partial charge is 0.258 e. The number of pyridine rings is 1. The van der Waals surface area contributed by atoms with E-state index in [0.29, 0.717) is 9.99 Å². The fourth-order valence-corrected chi connectivity index (χ4v) is 1.74. The Kier molecular flexibility index (Phi) is 2.17. The van der Waals surface area contributed by atoms with E-state index in [1.54, 1.807) is 24.4 Å². The van der Waals surface area contributed by atoms with Gasteiger partial charge in [-0.1, -0.05) is 22.0 Å². The molecule has 1 heterocycles. The summed E-state index contributed by atoms with van der Waals surface area (Å²) in [6, 6.07) is 6.79. The molecule has 0 fully saturated rings. The van der Waals surface area contributed by atoms with Gasteiger partial charge >= 0.3 is 0 Å². The van der Waals surface area contributed by atoms with Crippen LogP contribution in [0.2, 0.25) is 0 Å². The van der Waals surface area contributed by atoms with Crippen LogP contribution in [-0.4, -0.2) is 9.91 Å². The normalized spacial score (nSPS) is 10.4. The molecule has 2 aromatic rings. The van der Waals surface area contributed by atoms with Crippen LogP contribution < -0.4 is 0 Å². The van der Waals surface area contributed by atoms with Crippen molar-refractivity contribution >= 4 is 32.5 Å². The molecule has 0 spiro atoms. The van der Waals surface area contributed by atoms with E-state index in [-0.39, 0.29) is 5.69 Å². The summed E-state index contributed by atoms with van der Waals surface area (Å²) in [7, 11) is 0. The molecule has 0 aliphatic rings. The van der Waals surface area contributed by atoms with E-state index in [9.17, 15) is 10.1 Å². The molecule has 0 atom stereocenters. The number of nitro benzene ring substituents is 1. The van der Waals surface area contributed by atoms with Gasteiger partial charge in [-0.05, 0) is 12.1 Å². The fraction of sp³-hybridized carbons (Fsp3) is 0. The first-order valence-corrected chi connectivity index (χ1v) is 4.66. The average Bonchev–Trinajstić information content (AvgIpc) is 2.16. The van der Waals surface area contributed by atoms with Crippen LogP contribution in [0.25, 0.3) is 10.9 Å². The topological polar surface area (TPSA) is 56.0 Å². The summed E-state index contributed by atoms with van der Waals surface area (Å²) in [5.74, 6) is 0. The minimum absolute atomic E-state index is 0.0231. The standard InChI is InChI=1S/C9H5BrN2O2/c10-7-4-6-2-1-3-11-9(6)8(5-7)12(13)14/h1-5H. The monoisotopic (exact) mass is 252 g/mol. The van der Waals surface area contributed by atoms with Gasteiger partial charge in [0.1, 0.15) is 5.52 Å². The number of nitrogens with zero attached hydrogens (tertiary/aromatic N) is 2. The summed E-state index contributed by atoms with van der Waals surface area (Å²) in [5.41, 5.74) is 0.440. The molecule has 1 aromatic carbocycles. The van der Waals surface area contributed by atoms with Gasteiger partial charge < -0.3 is 0 Å². The van der Waals surface area contributed by atoms with Gasteiger partial charge in [0.25, 0.3) is 5.69 Å². The lowest BCUT2D eigenvalue weighted by Gasteiger charge is -1.98. The first-order valence-electron chi connectivity index (χ1n) is 3.87. The minimum atomic E-state index is -0.430. The molecule has 14 heavy (non-hydrogen) atoms. The van der Waals surface area contributed by atoms with E-state index < -0.39 is 4.92 Å². The Hall–Kier alpha value is -1.49. The van der Waals surface area contributed by atoms with Gasteiger partial charge in [0.15, 0.2) is 0 Å². The van der Waals surface area contributed by atoms with E-state index in [2.05, 4.69) is 20.9 Å². The Morgan fingerprint density at radius 1 is 1.43 bits per heavy atom.